The van der Waals surface area contributed by atoms with Crippen molar-refractivity contribution in [3.63, 3.8) is 0 Å². The Labute approximate surface area is 178 Å². The van der Waals surface area contributed by atoms with Crippen LogP contribution in [0.2, 0.25) is 0 Å². The molecular formula is C28H18N3+. The normalized spacial score (nSPS) is 12.2. The molecule has 0 bridgehead atoms. The zero-order valence-electron chi connectivity index (χ0n) is 17.3. The summed E-state index contributed by atoms with van der Waals surface area (Å²) in [7, 11) is 2.14. The highest BCUT2D eigenvalue weighted by Gasteiger charge is 2.24. The molecule has 0 saturated carbocycles. The van der Waals surface area contributed by atoms with Gasteiger partial charge in [-0.2, -0.15) is 0 Å². The minimum Gasteiger partial charge on any atom is -0.308 e. The van der Waals surface area contributed by atoms with Crippen molar-refractivity contribution in [2.75, 3.05) is 0 Å². The van der Waals surface area contributed by atoms with Crippen molar-refractivity contribution in [1.29, 1.82) is 0 Å². The third-order valence-electron chi connectivity index (χ3n) is 6.91. The lowest BCUT2D eigenvalue weighted by molar-refractivity contribution is -0.643. The van der Waals surface area contributed by atoms with Gasteiger partial charge in [0.25, 0.3) is 0 Å². The molecule has 0 aliphatic carbocycles. The maximum atomic E-state index is 7.50. The molecular weight excluding hydrogens is 378 g/mol. The molecule has 3 heterocycles. The van der Waals surface area contributed by atoms with Crippen LogP contribution in [0.3, 0.4) is 0 Å². The number of rotatable bonds is 0. The number of benzene rings is 4. The molecule has 0 unspecified atom stereocenters. The van der Waals surface area contributed by atoms with Crippen LogP contribution in [0, 0.1) is 13.5 Å². The molecule has 0 saturated heterocycles. The Morgan fingerprint density at radius 3 is 2.55 bits per heavy atom. The number of aryl methyl sites for hydroxylation is 2. The van der Waals surface area contributed by atoms with Gasteiger partial charge in [0.15, 0.2) is 11.9 Å². The van der Waals surface area contributed by atoms with Crippen LogP contribution in [0.5, 0.6) is 0 Å². The molecule has 4 aromatic carbocycles. The van der Waals surface area contributed by atoms with Gasteiger partial charge in [0, 0.05) is 11.5 Å². The molecule has 7 rings (SSSR count). The highest BCUT2D eigenvalue weighted by Crippen LogP contribution is 2.42. The van der Waals surface area contributed by atoms with Crippen LogP contribution in [0.1, 0.15) is 5.56 Å². The quantitative estimate of drug-likeness (QED) is 0.115. The molecule has 0 radical (unpaired) electrons. The minimum absolute atomic E-state index is 0.680. The third-order valence-corrected chi connectivity index (χ3v) is 6.91. The van der Waals surface area contributed by atoms with Gasteiger partial charge in [-0.3, -0.25) is 0 Å². The summed E-state index contributed by atoms with van der Waals surface area (Å²) in [6.45, 7) is 9.74. The summed E-state index contributed by atoms with van der Waals surface area (Å²) in [5.74, 6) is 0. The maximum Gasteiger partial charge on any atom is 0.224 e. The van der Waals surface area contributed by atoms with Crippen LogP contribution < -0.4 is 4.57 Å². The molecule has 0 spiro atoms. The number of pyridine rings is 2. The average Bonchev–Trinajstić information content (AvgIpc) is 3.14. The molecule has 31 heavy (non-hydrogen) atoms. The van der Waals surface area contributed by atoms with Gasteiger partial charge in [0.1, 0.15) is 7.05 Å². The smallest absolute Gasteiger partial charge is 0.224 e. The van der Waals surface area contributed by atoms with E-state index in [1.54, 1.807) is 0 Å². The summed E-state index contributed by atoms with van der Waals surface area (Å²) in [5.41, 5.74) is 6.86. The van der Waals surface area contributed by atoms with Crippen molar-refractivity contribution in [2.45, 2.75) is 6.92 Å². The van der Waals surface area contributed by atoms with Crippen molar-refractivity contribution in [1.82, 2.24) is 4.40 Å². The van der Waals surface area contributed by atoms with Crippen LogP contribution >= 0.6 is 0 Å². The lowest BCUT2D eigenvalue weighted by atomic mass is 9.96. The molecule has 7 aromatic rings. The van der Waals surface area contributed by atoms with Crippen LogP contribution in [0.15, 0.2) is 72.9 Å². The van der Waals surface area contributed by atoms with Crippen molar-refractivity contribution >= 4 is 65.5 Å². The predicted molar refractivity (Wildman–Crippen MR) is 128 cm³/mol. The first kappa shape index (κ1) is 16.6. The number of hydrogen-bond acceptors (Lipinski definition) is 0. The van der Waals surface area contributed by atoms with Crippen LogP contribution in [0.4, 0.5) is 5.69 Å². The van der Waals surface area contributed by atoms with Gasteiger partial charge in [-0.1, -0.05) is 42.5 Å². The van der Waals surface area contributed by atoms with E-state index in [1.807, 2.05) is 12.1 Å². The van der Waals surface area contributed by atoms with E-state index in [9.17, 15) is 0 Å². The van der Waals surface area contributed by atoms with E-state index in [4.69, 9.17) is 6.57 Å². The SMILES string of the molecule is [C-]#[N+]c1ccc2c(c1)c1ccc3cc[n+](C)c4c5c(C)c6ccccc6cc5n2c1c34. The summed E-state index contributed by atoms with van der Waals surface area (Å²) in [6, 6.07) is 23.7. The van der Waals surface area contributed by atoms with Gasteiger partial charge in [-0.05, 0) is 52.2 Å². The monoisotopic (exact) mass is 396 g/mol. The fourth-order valence-corrected chi connectivity index (χ4v) is 5.55. The Morgan fingerprint density at radius 2 is 1.68 bits per heavy atom. The van der Waals surface area contributed by atoms with Crippen LogP contribution in [-0.4, -0.2) is 4.40 Å². The Balaban J connectivity index is 1.95. The Morgan fingerprint density at radius 1 is 0.806 bits per heavy atom. The topological polar surface area (TPSA) is 12.7 Å². The second-order valence-electron chi connectivity index (χ2n) is 8.47. The van der Waals surface area contributed by atoms with Crippen LogP contribution in [0.25, 0.3) is 64.6 Å². The van der Waals surface area contributed by atoms with E-state index in [0.29, 0.717) is 5.69 Å². The van der Waals surface area contributed by atoms with Gasteiger partial charge >= 0.3 is 0 Å². The van der Waals surface area contributed by atoms with Gasteiger partial charge < -0.3 is 4.40 Å². The van der Waals surface area contributed by atoms with Gasteiger partial charge in [-0.15, -0.1) is 0 Å². The predicted octanol–water partition coefficient (Wildman–Crippen LogP) is 6.83. The molecule has 0 amide bonds. The standard InChI is InChI=1S/C28H18N3/c1-16-20-7-5-4-6-18(20)14-24-25(16)28-26-17(12-13-30(28)3)8-10-21-22-15-19(29-2)9-11-23(22)31(24)27(21)26/h4-15H,1,3H3/q+1. The fourth-order valence-electron chi connectivity index (χ4n) is 5.55. The Bertz CT molecular complexity index is 1920. The average molecular weight is 396 g/mol. The first-order valence-corrected chi connectivity index (χ1v) is 10.5. The Kier molecular flexibility index (Phi) is 2.95. The highest BCUT2D eigenvalue weighted by atomic mass is 15.0. The van der Waals surface area contributed by atoms with E-state index in [0.717, 1.165) is 10.9 Å². The van der Waals surface area contributed by atoms with Crippen molar-refractivity contribution in [2.24, 2.45) is 7.05 Å². The fraction of sp³-hybridized carbons (Fsp3) is 0.0714. The second-order valence-corrected chi connectivity index (χ2v) is 8.47. The number of aromatic nitrogens is 2. The second kappa shape index (κ2) is 5.50. The molecule has 144 valence electrons. The van der Waals surface area contributed by atoms with Gasteiger partial charge in [-0.25, -0.2) is 9.41 Å². The van der Waals surface area contributed by atoms with Gasteiger partial charge in [0.05, 0.1) is 33.9 Å². The highest BCUT2D eigenvalue weighted by molar-refractivity contribution is 6.28. The molecule has 0 atom stereocenters. The summed E-state index contributed by atoms with van der Waals surface area (Å²) in [5, 5.41) is 8.71. The third kappa shape index (κ3) is 1.90. The maximum absolute atomic E-state index is 7.50. The zero-order valence-corrected chi connectivity index (χ0v) is 17.3. The summed E-state index contributed by atoms with van der Waals surface area (Å²) < 4.78 is 4.68. The van der Waals surface area contributed by atoms with E-state index >= 15 is 0 Å². The van der Waals surface area contributed by atoms with E-state index < -0.39 is 0 Å². The van der Waals surface area contributed by atoms with E-state index in [2.05, 4.69) is 88.6 Å². The van der Waals surface area contributed by atoms with Crippen molar-refractivity contribution in [3.05, 3.63) is 89.9 Å². The van der Waals surface area contributed by atoms with Gasteiger partial charge in [0.2, 0.25) is 5.52 Å². The zero-order chi connectivity index (χ0) is 20.9. The number of nitrogens with zero attached hydrogens (tertiary/aromatic N) is 3. The first-order chi connectivity index (χ1) is 15.2. The van der Waals surface area contributed by atoms with Crippen molar-refractivity contribution < 1.29 is 4.57 Å². The summed E-state index contributed by atoms with van der Waals surface area (Å²) >= 11 is 0. The molecule has 0 N–H and O–H groups in total. The Hall–Kier alpha value is -4.16. The largest absolute Gasteiger partial charge is 0.308 e. The van der Waals surface area contributed by atoms with E-state index in [1.165, 1.54) is 54.4 Å². The summed E-state index contributed by atoms with van der Waals surface area (Å²) in [4.78, 5) is 3.69. The first-order valence-electron chi connectivity index (χ1n) is 10.5. The molecule has 0 aliphatic heterocycles. The number of fused-ring (bicyclic) bond motifs is 7. The summed E-state index contributed by atoms with van der Waals surface area (Å²) in [6.07, 6.45) is 2.16. The molecule has 3 aromatic heterocycles. The van der Waals surface area contributed by atoms with Crippen LogP contribution in [-0.2, 0) is 7.05 Å². The van der Waals surface area contributed by atoms with Crippen molar-refractivity contribution in [3.8, 4) is 0 Å². The minimum atomic E-state index is 0.680. The molecule has 0 fully saturated rings. The lowest BCUT2D eigenvalue weighted by Crippen LogP contribution is -2.28. The lowest BCUT2D eigenvalue weighted by Gasteiger charge is -2.14. The molecule has 0 aliphatic rings. The molecule has 3 heteroatoms. The number of hydrogen-bond donors (Lipinski definition) is 0. The molecule has 3 nitrogen and oxygen atoms in total. The van der Waals surface area contributed by atoms with E-state index in [-0.39, 0.29) is 0 Å².